The van der Waals surface area contributed by atoms with Crippen LogP contribution in [0.5, 0.6) is 0 Å². The van der Waals surface area contributed by atoms with E-state index in [-0.39, 0.29) is 0 Å². The predicted molar refractivity (Wildman–Crippen MR) is 43.7 cm³/mol. The minimum absolute atomic E-state index is 0.603. The van der Waals surface area contributed by atoms with Gasteiger partial charge in [0.05, 0.1) is 0 Å². The second-order valence-corrected chi connectivity index (χ2v) is 2.40. The average Bonchev–Trinajstić information content (AvgIpc) is 2.36. The minimum Gasteiger partial charge on any atom is -0.364 e. The summed E-state index contributed by atoms with van der Waals surface area (Å²) >= 11 is 0. The van der Waals surface area contributed by atoms with Crippen LogP contribution < -0.4 is 5.73 Å². The fraction of sp³-hybridized carbons (Fsp3) is 0.125. The summed E-state index contributed by atoms with van der Waals surface area (Å²) in [6, 6.07) is 3.43. The number of carbonyl (C=O) groups is 1. The molecule has 0 aliphatic rings. The molecule has 0 spiro atoms. The van der Waals surface area contributed by atoms with Gasteiger partial charge in [0.15, 0.2) is 5.83 Å². The second kappa shape index (κ2) is 3.21. The van der Waals surface area contributed by atoms with E-state index in [1.165, 1.54) is 0 Å². The zero-order valence-corrected chi connectivity index (χ0v) is 6.62. The van der Waals surface area contributed by atoms with E-state index in [1.54, 1.807) is 29.9 Å². The van der Waals surface area contributed by atoms with Crippen molar-refractivity contribution in [1.82, 2.24) is 4.57 Å². The number of amides is 1. The van der Waals surface area contributed by atoms with Crippen molar-refractivity contribution in [3.8, 4) is 0 Å². The lowest BCUT2D eigenvalue weighted by atomic mass is 10.3. The van der Waals surface area contributed by atoms with Gasteiger partial charge in [0.25, 0.3) is 5.91 Å². The Labute approximate surface area is 69.3 Å². The Hall–Kier alpha value is -1.58. The fourth-order valence-electron chi connectivity index (χ4n) is 0.825. The highest BCUT2D eigenvalue weighted by Gasteiger charge is 2.03. The smallest absolute Gasteiger partial charge is 0.277 e. The molecule has 0 aliphatic heterocycles. The third-order valence-electron chi connectivity index (χ3n) is 1.49. The van der Waals surface area contributed by atoms with Gasteiger partial charge in [-0.25, -0.2) is 4.39 Å². The molecular formula is C8H9FN2O. The van der Waals surface area contributed by atoms with E-state index in [0.29, 0.717) is 5.69 Å². The first-order chi connectivity index (χ1) is 5.61. The Morgan fingerprint density at radius 3 is 2.83 bits per heavy atom. The largest absolute Gasteiger partial charge is 0.364 e. The summed E-state index contributed by atoms with van der Waals surface area (Å²) in [6.45, 7) is 0. The molecule has 1 heterocycles. The van der Waals surface area contributed by atoms with Crippen molar-refractivity contribution in [3.63, 3.8) is 0 Å². The van der Waals surface area contributed by atoms with E-state index < -0.39 is 11.7 Å². The third kappa shape index (κ3) is 1.72. The summed E-state index contributed by atoms with van der Waals surface area (Å²) in [5.74, 6) is -1.98. The van der Waals surface area contributed by atoms with E-state index in [4.69, 9.17) is 5.73 Å². The van der Waals surface area contributed by atoms with Gasteiger partial charge in [-0.05, 0) is 12.1 Å². The summed E-state index contributed by atoms with van der Waals surface area (Å²) in [4.78, 5) is 10.3. The quantitative estimate of drug-likeness (QED) is 0.653. The lowest BCUT2D eigenvalue weighted by molar-refractivity contribution is -0.115. The number of carbonyl (C=O) groups excluding carboxylic acids is 1. The molecule has 0 aromatic carbocycles. The van der Waals surface area contributed by atoms with Crippen LogP contribution >= 0.6 is 0 Å². The molecule has 0 radical (unpaired) electrons. The summed E-state index contributed by atoms with van der Waals surface area (Å²) in [5.41, 5.74) is 5.31. The standard InChI is InChI=1S/C8H9FN2O/c1-11-4-2-3-6(11)5-7(9)8(10)12/h2-5H,1H3,(H2,10,12). The van der Waals surface area contributed by atoms with Gasteiger partial charge in [-0.15, -0.1) is 0 Å². The molecule has 1 aromatic rings. The summed E-state index contributed by atoms with van der Waals surface area (Å²) in [6.07, 6.45) is 2.85. The first kappa shape index (κ1) is 8.52. The summed E-state index contributed by atoms with van der Waals surface area (Å²) in [5, 5.41) is 0. The number of hydrogen-bond acceptors (Lipinski definition) is 1. The minimum atomic E-state index is -1.05. The average molecular weight is 168 g/mol. The molecule has 64 valence electrons. The lowest BCUT2D eigenvalue weighted by Crippen LogP contribution is -2.10. The first-order valence-corrected chi connectivity index (χ1v) is 3.39. The number of rotatable bonds is 2. The van der Waals surface area contributed by atoms with Crippen LogP contribution in [-0.4, -0.2) is 10.5 Å². The molecule has 1 rings (SSSR count). The van der Waals surface area contributed by atoms with Crippen LogP contribution in [0.2, 0.25) is 0 Å². The van der Waals surface area contributed by atoms with Crippen LogP contribution in [0.25, 0.3) is 6.08 Å². The summed E-state index contributed by atoms with van der Waals surface area (Å²) < 4.78 is 14.3. The van der Waals surface area contributed by atoms with Crippen LogP contribution in [0.1, 0.15) is 5.69 Å². The van der Waals surface area contributed by atoms with Gasteiger partial charge in [-0.3, -0.25) is 4.79 Å². The Kier molecular flexibility index (Phi) is 2.28. The molecule has 0 atom stereocenters. The van der Waals surface area contributed by atoms with E-state index in [9.17, 15) is 9.18 Å². The van der Waals surface area contributed by atoms with Crippen molar-refractivity contribution in [1.29, 1.82) is 0 Å². The Morgan fingerprint density at radius 2 is 2.42 bits per heavy atom. The fourth-order valence-corrected chi connectivity index (χ4v) is 0.825. The van der Waals surface area contributed by atoms with Gasteiger partial charge in [-0.2, -0.15) is 0 Å². The van der Waals surface area contributed by atoms with Crippen molar-refractivity contribution in [2.24, 2.45) is 12.8 Å². The maximum atomic E-state index is 12.6. The van der Waals surface area contributed by atoms with Gasteiger partial charge >= 0.3 is 0 Å². The van der Waals surface area contributed by atoms with Crippen LogP contribution in [0.15, 0.2) is 24.2 Å². The topological polar surface area (TPSA) is 48.0 Å². The number of primary amides is 1. The first-order valence-electron chi connectivity index (χ1n) is 3.39. The number of nitrogens with two attached hydrogens (primary N) is 1. The van der Waals surface area contributed by atoms with Gasteiger partial charge in [0.1, 0.15) is 0 Å². The van der Waals surface area contributed by atoms with Crippen molar-refractivity contribution in [3.05, 3.63) is 29.9 Å². The van der Waals surface area contributed by atoms with Crippen LogP contribution in [0.3, 0.4) is 0 Å². The van der Waals surface area contributed by atoms with Crippen LogP contribution in [0.4, 0.5) is 4.39 Å². The number of nitrogens with zero attached hydrogens (tertiary/aromatic N) is 1. The van der Waals surface area contributed by atoms with Gasteiger partial charge in [0, 0.05) is 25.0 Å². The zero-order chi connectivity index (χ0) is 9.14. The second-order valence-electron chi connectivity index (χ2n) is 2.40. The molecule has 12 heavy (non-hydrogen) atoms. The summed E-state index contributed by atoms with van der Waals surface area (Å²) in [7, 11) is 1.75. The maximum Gasteiger partial charge on any atom is 0.277 e. The monoisotopic (exact) mass is 168 g/mol. The number of aromatic nitrogens is 1. The van der Waals surface area contributed by atoms with E-state index in [0.717, 1.165) is 6.08 Å². The predicted octanol–water partition coefficient (Wildman–Crippen LogP) is 0.821. The van der Waals surface area contributed by atoms with Crippen molar-refractivity contribution in [2.45, 2.75) is 0 Å². The van der Waals surface area contributed by atoms with E-state index in [2.05, 4.69) is 0 Å². The molecule has 1 amide bonds. The number of halogens is 1. The molecule has 1 aromatic heterocycles. The third-order valence-corrected chi connectivity index (χ3v) is 1.49. The van der Waals surface area contributed by atoms with Crippen molar-refractivity contribution in [2.75, 3.05) is 0 Å². The van der Waals surface area contributed by atoms with Crippen molar-refractivity contribution >= 4 is 12.0 Å². The molecule has 4 heteroatoms. The van der Waals surface area contributed by atoms with Crippen LogP contribution in [-0.2, 0) is 11.8 Å². The normalized spacial score (nSPS) is 11.7. The highest BCUT2D eigenvalue weighted by atomic mass is 19.1. The van der Waals surface area contributed by atoms with Crippen LogP contribution in [0, 0.1) is 0 Å². The molecule has 2 N–H and O–H groups in total. The van der Waals surface area contributed by atoms with Crippen molar-refractivity contribution < 1.29 is 9.18 Å². The van der Waals surface area contributed by atoms with E-state index >= 15 is 0 Å². The highest BCUT2D eigenvalue weighted by molar-refractivity contribution is 5.93. The molecule has 0 saturated heterocycles. The molecule has 0 fully saturated rings. The van der Waals surface area contributed by atoms with E-state index in [1.807, 2.05) is 0 Å². The molecule has 0 saturated carbocycles. The number of hydrogen-bond donors (Lipinski definition) is 1. The zero-order valence-electron chi connectivity index (χ0n) is 6.62. The molecule has 0 bridgehead atoms. The molecule has 0 unspecified atom stereocenters. The number of aryl methyl sites for hydroxylation is 1. The Bertz CT molecular complexity index is 328. The Balaban J connectivity index is 2.95. The SMILES string of the molecule is Cn1cccc1C=C(F)C(N)=O. The van der Waals surface area contributed by atoms with Gasteiger partial charge in [0.2, 0.25) is 0 Å². The molecular weight excluding hydrogens is 159 g/mol. The van der Waals surface area contributed by atoms with Gasteiger partial charge in [-0.1, -0.05) is 0 Å². The maximum absolute atomic E-state index is 12.6. The molecule has 0 aliphatic carbocycles. The van der Waals surface area contributed by atoms with Gasteiger partial charge < -0.3 is 10.3 Å². The molecule has 3 nitrogen and oxygen atoms in total. The lowest BCUT2D eigenvalue weighted by Gasteiger charge is -1.95. The Morgan fingerprint density at radius 1 is 1.75 bits per heavy atom. The highest BCUT2D eigenvalue weighted by Crippen LogP contribution is 2.07.